The van der Waals surface area contributed by atoms with Gasteiger partial charge in [-0.1, -0.05) is 35.5 Å². The van der Waals surface area contributed by atoms with E-state index in [-0.39, 0.29) is 42.1 Å². The van der Waals surface area contributed by atoms with Crippen molar-refractivity contribution >= 4 is 28.3 Å². The van der Waals surface area contributed by atoms with Crippen molar-refractivity contribution in [2.75, 3.05) is 26.2 Å². The molecule has 27 heavy (non-hydrogen) atoms. The lowest BCUT2D eigenvalue weighted by atomic mass is 10.1. The molecule has 1 saturated heterocycles. The third kappa shape index (κ3) is 4.16. The molecule has 148 valence electrons. The largest absolute Gasteiger partial charge is 0.360 e. The SMILES string of the molecule is Cc1noc(C)c1S(=O)(=O)N1CCN(C(=O)C(N)c2ccccc2)CC1.Cl. The highest BCUT2D eigenvalue weighted by Crippen LogP contribution is 2.24. The van der Waals surface area contributed by atoms with Gasteiger partial charge in [-0.2, -0.15) is 4.31 Å². The van der Waals surface area contributed by atoms with Crippen LogP contribution in [0.15, 0.2) is 39.8 Å². The maximum Gasteiger partial charge on any atom is 0.248 e. The summed E-state index contributed by atoms with van der Waals surface area (Å²) in [6, 6.07) is 8.38. The lowest BCUT2D eigenvalue weighted by molar-refractivity contribution is -0.133. The van der Waals surface area contributed by atoms with Gasteiger partial charge in [-0.3, -0.25) is 4.79 Å². The Morgan fingerprint density at radius 3 is 2.26 bits per heavy atom. The first-order valence-electron chi connectivity index (χ1n) is 8.34. The number of nitrogens with two attached hydrogens (primary N) is 1. The minimum atomic E-state index is -3.69. The molecule has 1 unspecified atom stereocenters. The number of benzene rings is 1. The zero-order valence-corrected chi connectivity index (χ0v) is 16.8. The minimum Gasteiger partial charge on any atom is -0.360 e. The molecule has 0 radical (unpaired) electrons. The number of hydrogen-bond acceptors (Lipinski definition) is 6. The molecular formula is C17H23ClN4O4S. The molecule has 1 fully saturated rings. The molecule has 1 amide bonds. The third-order valence-corrected chi connectivity index (χ3v) is 6.68. The van der Waals surface area contributed by atoms with Gasteiger partial charge < -0.3 is 15.2 Å². The fourth-order valence-corrected chi connectivity index (χ4v) is 4.83. The molecule has 2 N–H and O–H groups in total. The number of piperazine rings is 1. The van der Waals surface area contributed by atoms with Gasteiger partial charge in [-0.05, 0) is 19.4 Å². The van der Waals surface area contributed by atoms with Crippen molar-refractivity contribution in [1.29, 1.82) is 0 Å². The Balaban J connectivity index is 0.00000261. The van der Waals surface area contributed by atoms with Gasteiger partial charge in [0, 0.05) is 26.2 Å². The van der Waals surface area contributed by atoms with Crippen molar-refractivity contribution in [2.24, 2.45) is 5.73 Å². The van der Waals surface area contributed by atoms with E-state index in [9.17, 15) is 13.2 Å². The van der Waals surface area contributed by atoms with E-state index in [1.54, 1.807) is 30.9 Å². The smallest absolute Gasteiger partial charge is 0.248 e. The monoisotopic (exact) mass is 414 g/mol. The zero-order valence-electron chi connectivity index (χ0n) is 15.2. The number of carbonyl (C=O) groups excluding carboxylic acids is 1. The number of halogens is 1. The highest BCUT2D eigenvalue weighted by molar-refractivity contribution is 7.89. The Labute approximate surface area is 164 Å². The van der Waals surface area contributed by atoms with Crippen molar-refractivity contribution in [2.45, 2.75) is 24.8 Å². The summed E-state index contributed by atoms with van der Waals surface area (Å²) in [6.45, 7) is 4.18. The second-order valence-corrected chi connectivity index (χ2v) is 8.15. The Bertz CT molecular complexity index is 873. The maximum atomic E-state index is 12.8. The fraction of sp³-hybridized carbons (Fsp3) is 0.412. The van der Waals surface area contributed by atoms with Gasteiger partial charge in [-0.15, -0.1) is 12.4 Å². The van der Waals surface area contributed by atoms with E-state index < -0.39 is 16.1 Å². The number of carbonyl (C=O) groups is 1. The van der Waals surface area contributed by atoms with E-state index in [4.69, 9.17) is 10.3 Å². The first kappa shape index (κ1) is 21.4. The van der Waals surface area contributed by atoms with Crippen molar-refractivity contribution in [3.05, 3.63) is 47.3 Å². The van der Waals surface area contributed by atoms with E-state index >= 15 is 0 Å². The number of amides is 1. The van der Waals surface area contributed by atoms with Crippen LogP contribution >= 0.6 is 12.4 Å². The number of aryl methyl sites for hydroxylation is 2. The van der Waals surface area contributed by atoms with Crippen LogP contribution in [0.3, 0.4) is 0 Å². The summed E-state index contributed by atoms with van der Waals surface area (Å²) in [5, 5.41) is 3.72. The molecule has 1 atom stereocenters. The summed E-state index contributed by atoms with van der Waals surface area (Å²) < 4.78 is 32.0. The Kier molecular flexibility index (Phi) is 6.63. The molecule has 1 aromatic carbocycles. The molecule has 10 heteroatoms. The number of rotatable bonds is 4. The number of sulfonamides is 1. The van der Waals surface area contributed by atoms with Crippen molar-refractivity contribution in [3.8, 4) is 0 Å². The third-order valence-electron chi connectivity index (χ3n) is 4.54. The number of hydrogen-bond donors (Lipinski definition) is 1. The summed E-state index contributed by atoms with van der Waals surface area (Å²) >= 11 is 0. The minimum absolute atomic E-state index is 0. The Hall–Kier alpha value is -1.94. The lowest BCUT2D eigenvalue weighted by Crippen LogP contribution is -2.52. The molecule has 1 aliphatic heterocycles. The summed E-state index contributed by atoms with van der Waals surface area (Å²) in [5.41, 5.74) is 7.14. The number of aromatic nitrogens is 1. The quantitative estimate of drug-likeness (QED) is 0.806. The summed E-state index contributed by atoms with van der Waals surface area (Å²) in [6.07, 6.45) is 0. The number of nitrogens with zero attached hydrogens (tertiary/aromatic N) is 3. The molecule has 1 aliphatic rings. The zero-order chi connectivity index (χ0) is 18.9. The van der Waals surface area contributed by atoms with Crippen molar-refractivity contribution in [1.82, 2.24) is 14.4 Å². The van der Waals surface area contributed by atoms with Gasteiger partial charge in [0.15, 0.2) is 5.76 Å². The highest BCUT2D eigenvalue weighted by Gasteiger charge is 2.35. The second kappa shape index (κ2) is 8.39. The average molecular weight is 415 g/mol. The average Bonchev–Trinajstić information content (AvgIpc) is 3.00. The first-order valence-corrected chi connectivity index (χ1v) is 9.78. The molecule has 0 bridgehead atoms. The fourth-order valence-electron chi connectivity index (χ4n) is 3.12. The first-order chi connectivity index (χ1) is 12.3. The van der Waals surface area contributed by atoms with Gasteiger partial charge in [0.1, 0.15) is 16.6 Å². The predicted molar refractivity (Wildman–Crippen MR) is 102 cm³/mol. The van der Waals surface area contributed by atoms with E-state index in [0.29, 0.717) is 18.8 Å². The van der Waals surface area contributed by atoms with Crippen LogP contribution in [0.2, 0.25) is 0 Å². The molecule has 2 heterocycles. The van der Waals surface area contributed by atoms with Crippen LogP contribution in [0, 0.1) is 13.8 Å². The highest BCUT2D eigenvalue weighted by atomic mass is 35.5. The lowest BCUT2D eigenvalue weighted by Gasteiger charge is -2.35. The van der Waals surface area contributed by atoms with Gasteiger partial charge >= 0.3 is 0 Å². The van der Waals surface area contributed by atoms with E-state index in [1.807, 2.05) is 18.2 Å². The maximum absolute atomic E-state index is 12.8. The van der Waals surface area contributed by atoms with Crippen LogP contribution in [0.4, 0.5) is 0 Å². The second-order valence-electron chi connectivity index (χ2n) is 6.27. The van der Waals surface area contributed by atoms with Crippen molar-refractivity contribution in [3.63, 3.8) is 0 Å². The molecule has 2 aromatic rings. The van der Waals surface area contributed by atoms with Gasteiger partial charge in [0.05, 0.1) is 0 Å². The van der Waals surface area contributed by atoms with Crippen LogP contribution in [0.1, 0.15) is 23.1 Å². The van der Waals surface area contributed by atoms with Crippen LogP contribution < -0.4 is 5.73 Å². The normalized spacial score (nSPS) is 16.6. The molecule has 0 spiro atoms. The van der Waals surface area contributed by atoms with Gasteiger partial charge in [0.2, 0.25) is 15.9 Å². The standard InChI is InChI=1S/C17H22N4O4S.ClH/c1-12-16(13(2)25-19-12)26(23,24)21-10-8-20(9-11-21)17(22)15(18)14-6-4-3-5-7-14;/h3-7,15H,8-11,18H2,1-2H3;1H. The van der Waals surface area contributed by atoms with E-state index in [1.165, 1.54) is 4.31 Å². The molecule has 8 nitrogen and oxygen atoms in total. The van der Waals surface area contributed by atoms with Crippen molar-refractivity contribution < 1.29 is 17.7 Å². The topological polar surface area (TPSA) is 110 Å². The van der Waals surface area contributed by atoms with Gasteiger partial charge in [0.25, 0.3) is 0 Å². The molecular weight excluding hydrogens is 392 g/mol. The van der Waals surface area contributed by atoms with Crippen LogP contribution in [0.5, 0.6) is 0 Å². The van der Waals surface area contributed by atoms with Crippen LogP contribution in [-0.4, -0.2) is 54.9 Å². The van der Waals surface area contributed by atoms with E-state index in [0.717, 1.165) is 5.56 Å². The van der Waals surface area contributed by atoms with Gasteiger partial charge in [-0.25, -0.2) is 8.42 Å². The Morgan fingerprint density at radius 2 is 1.74 bits per heavy atom. The van der Waals surface area contributed by atoms with Crippen LogP contribution in [0.25, 0.3) is 0 Å². The molecule has 0 aliphatic carbocycles. The predicted octanol–water partition coefficient (Wildman–Crippen LogP) is 1.25. The summed E-state index contributed by atoms with van der Waals surface area (Å²) in [5.74, 6) is 0.0673. The summed E-state index contributed by atoms with van der Waals surface area (Å²) in [7, 11) is -3.69. The summed E-state index contributed by atoms with van der Waals surface area (Å²) in [4.78, 5) is 14.3. The Morgan fingerprint density at radius 1 is 1.15 bits per heavy atom. The molecule has 3 rings (SSSR count). The van der Waals surface area contributed by atoms with E-state index in [2.05, 4.69) is 5.16 Å². The van der Waals surface area contributed by atoms with Crippen LogP contribution in [-0.2, 0) is 14.8 Å². The molecule has 1 aromatic heterocycles. The molecule has 0 saturated carbocycles.